The Morgan fingerprint density at radius 3 is 2.61 bits per heavy atom. The molecule has 1 aromatic rings. The first-order valence-corrected chi connectivity index (χ1v) is 6.17. The number of nitrogens with one attached hydrogen (secondary N) is 2. The maximum absolute atomic E-state index is 11.4. The van der Waals surface area contributed by atoms with Crippen molar-refractivity contribution in [2.45, 2.75) is 44.6 Å². The van der Waals surface area contributed by atoms with Crippen LogP contribution < -0.4 is 10.9 Å². The summed E-state index contributed by atoms with van der Waals surface area (Å²) in [5.74, 6) is 0.0793. The number of H-pyrrole nitrogens is 1. The fourth-order valence-electron chi connectivity index (χ4n) is 2.28. The quantitative estimate of drug-likeness (QED) is 0.485. The van der Waals surface area contributed by atoms with E-state index in [1.54, 1.807) is 0 Å². The molecule has 0 amide bonds. The normalized spacial score (nSPS) is 17.1. The summed E-state index contributed by atoms with van der Waals surface area (Å²) < 4.78 is 0. The number of aromatic nitrogens is 2. The highest BCUT2D eigenvalue weighted by Crippen LogP contribution is 2.23. The molecule has 7 nitrogen and oxygen atoms in total. The summed E-state index contributed by atoms with van der Waals surface area (Å²) in [7, 11) is 0. The molecular formula is C11H16N4O3. The van der Waals surface area contributed by atoms with Crippen LogP contribution in [-0.4, -0.2) is 20.9 Å². The molecule has 0 spiro atoms. The SMILES string of the molecule is O=c1[nH]cnc(NC2CCCCCC2)c1[N+](=O)[O-]. The molecule has 0 aromatic carbocycles. The number of rotatable bonds is 3. The molecule has 7 heteroatoms. The van der Waals surface area contributed by atoms with Crippen LogP contribution in [0.15, 0.2) is 11.1 Å². The highest BCUT2D eigenvalue weighted by atomic mass is 16.6. The Morgan fingerprint density at radius 1 is 1.33 bits per heavy atom. The first-order chi connectivity index (χ1) is 8.68. The van der Waals surface area contributed by atoms with Gasteiger partial charge in [-0.25, -0.2) is 4.98 Å². The Morgan fingerprint density at radius 2 is 2.00 bits per heavy atom. The molecule has 0 aliphatic heterocycles. The van der Waals surface area contributed by atoms with Gasteiger partial charge in [0, 0.05) is 6.04 Å². The maximum Gasteiger partial charge on any atom is 0.375 e. The standard InChI is InChI=1S/C11H16N4O3/c16-11-9(15(17)18)10(12-7-13-11)14-8-5-3-1-2-4-6-8/h7-8H,1-6H2,(H2,12,13,14,16). The highest BCUT2D eigenvalue weighted by molar-refractivity contribution is 5.54. The van der Waals surface area contributed by atoms with Crippen LogP contribution in [0, 0.1) is 10.1 Å². The van der Waals surface area contributed by atoms with Crippen molar-refractivity contribution in [3.8, 4) is 0 Å². The molecule has 1 aliphatic carbocycles. The Kier molecular flexibility index (Phi) is 3.91. The lowest BCUT2D eigenvalue weighted by Gasteiger charge is -2.16. The second kappa shape index (κ2) is 5.61. The van der Waals surface area contributed by atoms with Crippen LogP contribution >= 0.6 is 0 Å². The molecule has 1 aliphatic rings. The van der Waals surface area contributed by atoms with Crippen molar-refractivity contribution in [1.82, 2.24) is 9.97 Å². The van der Waals surface area contributed by atoms with E-state index in [0.29, 0.717) is 0 Å². The molecule has 2 N–H and O–H groups in total. The Bertz CT molecular complexity index is 477. The topological polar surface area (TPSA) is 101 Å². The van der Waals surface area contributed by atoms with E-state index >= 15 is 0 Å². The third-order valence-corrected chi connectivity index (χ3v) is 3.21. The van der Waals surface area contributed by atoms with E-state index < -0.39 is 16.2 Å². The minimum Gasteiger partial charge on any atom is -0.361 e. The fourth-order valence-corrected chi connectivity index (χ4v) is 2.28. The van der Waals surface area contributed by atoms with E-state index in [2.05, 4.69) is 15.3 Å². The Balaban J connectivity index is 2.20. The monoisotopic (exact) mass is 252 g/mol. The average Bonchev–Trinajstić information content (AvgIpc) is 2.57. The summed E-state index contributed by atoms with van der Waals surface area (Å²) in [5.41, 5.74) is -1.21. The van der Waals surface area contributed by atoms with Gasteiger partial charge < -0.3 is 10.3 Å². The summed E-state index contributed by atoms with van der Waals surface area (Å²) in [6, 6.07) is 0.167. The fraction of sp³-hybridized carbons (Fsp3) is 0.636. The summed E-state index contributed by atoms with van der Waals surface area (Å²) in [4.78, 5) is 27.7. The molecule has 1 fully saturated rings. The van der Waals surface area contributed by atoms with Crippen molar-refractivity contribution >= 4 is 11.5 Å². The van der Waals surface area contributed by atoms with Crippen LogP contribution in [0.2, 0.25) is 0 Å². The lowest BCUT2D eigenvalue weighted by Crippen LogP contribution is -2.23. The van der Waals surface area contributed by atoms with Crippen LogP contribution in [-0.2, 0) is 0 Å². The van der Waals surface area contributed by atoms with Crippen LogP contribution in [0.5, 0.6) is 0 Å². The first-order valence-electron chi connectivity index (χ1n) is 6.17. The third kappa shape index (κ3) is 2.85. The van der Waals surface area contributed by atoms with Crippen molar-refractivity contribution in [2.24, 2.45) is 0 Å². The second-order valence-corrected chi connectivity index (χ2v) is 4.52. The van der Waals surface area contributed by atoms with Gasteiger partial charge in [-0.05, 0) is 12.8 Å². The van der Waals surface area contributed by atoms with Gasteiger partial charge in [0.25, 0.3) is 0 Å². The molecule has 18 heavy (non-hydrogen) atoms. The van der Waals surface area contributed by atoms with Crippen LogP contribution in [0.4, 0.5) is 11.5 Å². The molecule has 2 rings (SSSR count). The zero-order valence-corrected chi connectivity index (χ0v) is 10.0. The van der Waals surface area contributed by atoms with E-state index in [1.165, 1.54) is 19.2 Å². The van der Waals surface area contributed by atoms with Crippen LogP contribution in [0.3, 0.4) is 0 Å². The van der Waals surface area contributed by atoms with Crippen LogP contribution in [0.1, 0.15) is 38.5 Å². The zero-order valence-electron chi connectivity index (χ0n) is 10.0. The Labute approximate surface area is 104 Å². The number of nitrogens with zero attached hydrogens (tertiary/aromatic N) is 2. The second-order valence-electron chi connectivity index (χ2n) is 4.52. The van der Waals surface area contributed by atoms with E-state index in [1.807, 2.05) is 0 Å². The number of nitro groups is 1. The van der Waals surface area contributed by atoms with Crippen molar-refractivity contribution in [3.63, 3.8) is 0 Å². The van der Waals surface area contributed by atoms with Gasteiger partial charge in [0.15, 0.2) is 0 Å². The third-order valence-electron chi connectivity index (χ3n) is 3.21. The van der Waals surface area contributed by atoms with E-state index in [-0.39, 0.29) is 11.9 Å². The predicted molar refractivity (Wildman–Crippen MR) is 66.6 cm³/mol. The molecular weight excluding hydrogens is 236 g/mol. The maximum atomic E-state index is 11.4. The predicted octanol–water partition coefficient (Wildman–Crippen LogP) is 1.81. The first kappa shape index (κ1) is 12.5. The van der Waals surface area contributed by atoms with Crippen molar-refractivity contribution in [2.75, 3.05) is 5.32 Å². The van der Waals surface area contributed by atoms with E-state index in [9.17, 15) is 14.9 Å². The largest absolute Gasteiger partial charge is 0.375 e. The van der Waals surface area contributed by atoms with Gasteiger partial charge in [-0.3, -0.25) is 14.9 Å². The van der Waals surface area contributed by atoms with Gasteiger partial charge in [0.05, 0.1) is 11.3 Å². The van der Waals surface area contributed by atoms with Crippen LogP contribution in [0.25, 0.3) is 0 Å². The Hall–Kier alpha value is -1.92. The minimum atomic E-state index is -0.717. The minimum absolute atomic E-state index is 0.0793. The van der Waals surface area contributed by atoms with E-state index in [4.69, 9.17) is 0 Å². The van der Waals surface area contributed by atoms with Gasteiger partial charge in [-0.1, -0.05) is 25.7 Å². The molecule has 1 aromatic heterocycles. The van der Waals surface area contributed by atoms with Gasteiger partial charge in [0.1, 0.15) is 0 Å². The smallest absolute Gasteiger partial charge is 0.361 e. The average molecular weight is 252 g/mol. The summed E-state index contributed by atoms with van der Waals surface area (Å²) in [6.07, 6.45) is 7.72. The molecule has 0 radical (unpaired) electrons. The van der Waals surface area contributed by atoms with Crippen molar-refractivity contribution in [1.29, 1.82) is 0 Å². The van der Waals surface area contributed by atoms with Gasteiger partial charge in [0.2, 0.25) is 5.82 Å². The number of hydrogen-bond donors (Lipinski definition) is 2. The lowest BCUT2D eigenvalue weighted by molar-refractivity contribution is -0.385. The molecule has 98 valence electrons. The van der Waals surface area contributed by atoms with Crippen molar-refractivity contribution < 1.29 is 4.92 Å². The molecule has 0 unspecified atom stereocenters. The lowest BCUT2D eigenvalue weighted by atomic mass is 10.1. The summed E-state index contributed by atoms with van der Waals surface area (Å²) >= 11 is 0. The molecule has 0 saturated heterocycles. The van der Waals surface area contributed by atoms with Gasteiger partial charge >= 0.3 is 11.2 Å². The summed E-state index contributed by atoms with van der Waals surface area (Å²) in [5, 5.41) is 13.9. The molecule has 1 saturated carbocycles. The zero-order chi connectivity index (χ0) is 13.0. The molecule has 1 heterocycles. The number of hydrogen-bond acceptors (Lipinski definition) is 5. The molecule has 0 bridgehead atoms. The number of aromatic amines is 1. The van der Waals surface area contributed by atoms with Gasteiger partial charge in [-0.2, -0.15) is 0 Å². The van der Waals surface area contributed by atoms with Crippen molar-refractivity contribution in [3.05, 3.63) is 26.8 Å². The molecule has 0 atom stereocenters. The number of anilines is 1. The van der Waals surface area contributed by atoms with Gasteiger partial charge in [-0.15, -0.1) is 0 Å². The summed E-state index contributed by atoms with van der Waals surface area (Å²) in [6.45, 7) is 0. The van der Waals surface area contributed by atoms with E-state index in [0.717, 1.165) is 25.7 Å². The highest BCUT2D eigenvalue weighted by Gasteiger charge is 2.23.